The molecule has 0 aromatic carbocycles. The lowest BCUT2D eigenvalue weighted by atomic mass is 10.2. The number of hydrogen-bond acceptors (Lipinski definition) is 4. The second kappa shape index (κ2) is 5.41. The molecule has 0 saturated carbocycles. The van der Waals surface area contributed by atoms with Gasteiger partial charge in [0.15, 0.2) is 0 Å². The van der Waals surface area contributed by atoms with Crippen molar-refractivity contribution >= 4 is 11.6 Å². The molecule has 0 aliphatic carbocycles. The van der Waals surface area contributed by atoms with Gasteiger partial charge in [0.2, 0.25) is 11.1 Å². The lowest BCUT2D eigenvalue weighted by molar-refractivity contribution is -0.0172. The van der Waals surface area contributed by atoms with Gasteiger partial charge in [-0.3, -0.25) is 0 Å². The van der Waals surface area contributed by atoms with Gasteiger partial charge in [-0.05, 0) is 32.4 Å². The molecular weight excluding hydrogens is 235 g/mol. The summed E-state index contributed by atoms with van der Waals surface area (Å²) >= 11 is 5.50. The van der Waals surface area contributed by atoms with E-state index < -0.39 is 5.82 Å². The van der Waals surface area contributed by atoms with Crippen LogP contribution in [0.1, 0.15) is 20.8 Å². The lowest BCUT2D eigenvalue weighted by Gasteiger charge is -2.19. The van der Waals surface area contributed by atoms with Crippen LogP contribution in [-0.2, 0) is 4.74 Å². The summed E-state index contributed by atoms with van der Waals surface area (Å²) < 4.78 is 23.6. The summed E-state index contributed by atoms with van der Waals surface area (Å²) in [4.78, 5) is 7.08. The Hall–Kier alpha value is -0.940. The van der Waals surface area contributed by atoms with Crippen molar-refractivity contribution < 1.29 is 13.9 Å². The van der Waals surface area contributed by atoms with Crippen LogP contribution in [0.3, 0.4) is 0 Å². The summed E-state index contributed by atoms with van der Waals surface area (Å²) in [6.07, 6.45) is 0.968. The third-order valence-electron chi connectivity index (χ3n) is 1.54. The molecule has 16 heavy (non-hydrogen) atoms. The normalized spacial score (nSPS) is 11.6. The SMILES string of the molecule is CC(C)(C)OCCOc1nc(Cl)ncc1F. The second-order valence-electron chi connectivity index (χ2n) is 4.10. The van der Waals surface area contributed by atoms with Crippen molar-refractivity contribution in [3.63, 3.8) is 0 Å². The second-order valence-corrected chi connectivity index (χ2v) is 4.44. The molecule has 0 aliphatic heterocycles. The molecule has 1 heterocycles. The average molecular weight is 249 g/mol. The molecule has 0 saturated heterocycles. The molecule has 0 N–H and O–H groups in total. The number of nitrogens with zero attached hydrogens (tertiary/aromatic N) is 2. The first-order valence-corrected chi connectivity index (χ1v) is 5.21. The predicted octanol–water partition coefficient (Wildman–Crippen LogP) is 2.46. The highest BCUT2D eigenvalue weighted by molar-refractivity contribution is 6.28. The Bertz CT molecular complexity index is 355. The monoisotopic (exact) mass is 248 g/mol. The Kier molecular flexibility index (Phi) is 4.44. The van der Waals surface area contributed by atoms with E-state index in [9.17, 15) is 4.39 Å². The number of hydrogen-bond donors (Lipinski definition) is 0. The third kappa shape index (κ3) is 4.72. The van der Waals surface area contributed by atoms with Crippen LogP contribution >= 0.6 is 11.6 Å². The number of rotatable bonds is 4. The highest BCUT2D eigenvalue weighted by Crippen LogP contribution is 2.14. The van der Waals surface area contributed by atoms with Gasteiger partial charge in [-0.15, -0.1) is 0 Å². The average Bonchev–Trinajstić information content (AvgIpc) is 2.16. The smallest absolute Gasteiger partial charge is 0.254 e. The zero-order valence-corrected chi connectivity index (χ0v) is 10.2. The van der Waals surface area contributed by atoms with Gasteiger partial charge in [-0.25, -0.2) is 4.98 Å². The fourth-order valence-corrected chi connectivity index (χ4v) is 1.04. The lowest BCUT2D eigenvalue weighted by Crippen LogP contribution is -2.22. The minimum absolute atomic E-state index is 0.0480. The molecule has 0 bridgehead atoms. The van der Waals surface area contributed by atoms with Crippen molar-refractivity contribution in [1.82, 2.24) is 9.97 Å². The van der Waals surface area contributed by atoms with Gasteiger partial charge in [0.25, 0.3) is 5.88 Å². The van der Waals surface area contributed by atoms with Gasteiger partial charge >= 0.3 is 0 Å². The molecule has 1 aromatic heterocycles. The maximum Gasteiger partial charge on any atom is 0.254 e. The van der Waals surface area contributed by atoms with Crippen LogP contribution < -0.4 is 4.74 Å². The zero-order valence-electron chi connectivity index (χ0n) is 9.46. The fraction of sp³-hybridized carbons (Fsp3) is 0.600. The summed E-state index contributed by atoms with van der Waals surface area (Å²) in [5.74, 6) is -0.794. The molecule has 4 nitrogen and oxygen atoms in total. The topological polar surface area (TPSA) is 44.2 Å². The Morgan fingerprint density at radius 2 is 2.06 bits per heavy atom. The Balaban J connectivity index is 2.40. The van der Waals surface area contributed by atoms with E-state index in [2.05, 4.69) is 9.97 Å². The van der Waals surface area contributed by atoms with Crippen molar-refractivity contribution in [2.24, 2.45) is 0 Å². The molecule has 0 fully saturated rings. The molecule has 90 valence electrons. The molecule has 6 heteroatoms. The van der Waals surface area contributed by atoms with E-state index in [1.54, 1.807) is 0 Å². The van der Waals surface area contributed by atoms with Crippen LogP contribution in [-0.4, -0.2) is 28.8 Å². The minimum atomic E-state index is -0.639. The Morgan fingerprint density at radius 1 is 1.38 bits per heavy atom. The zero-order chi connectivity index (χ0) is 12.2. The minimum Gasteiger partial charge on any atom is -0.473 e. The van der Waals surface area contributed by atoms with Crippen molar-refractivity contribution in [2.75, 3.05) is 13.2 Å². The van der Waals surface area contributed by atoms with E-state index in [-0.39, 0.29) is 23.4 Å². The van der Waals surface area contributed by atoms with Crippen molar-refractivity contribution in [3.05, 3.63) is 17.3 Å². The van der Waals surface area contributed by atoms with Gasteiger partial charge in [0.1, 0.15) is 6.61 Å². The summed E-state index contributed by atoms with van der Waals surface area (Å²) in [6, 6.07) is 0. The third-order valence-corrected chi connectivity index (χ3v) is 1.72. The summed E-state index contributed by atoms with van der Waals surface area (Å²) in [5, 5.41) is -0.0480. The number of halogens is 2. The van der Waals surface area contributed by atoms with Gasteiger partial charge in [-0.1, -0.05) is 0 Å². The number of aromatic nitrogens is 2. The van der Waals surface area contributed by atoms with Crippen LogP contribution in [0.25, 0.3) is 0 Å². The van der Waals surface area contributed by atoms with E-state index in [1.165, 1.54) is 0 Å². The summed E-state index contributed by atoms with van der Waals surface area (Å²) in [6.45, 7) is 6.34. The van der Waals surface area contributed by atoms with Crippen molar-refractivity contribution in [1.29, 1.82) is 0 Å². The summed E-state index contributed by atoms with van der Waals surface area (Å²) in [5.41, 5.74) is -0.245. The molecule has 1 aromatic rings. The van der Waals surface area contributed by atoms with Gasteiger partial charge in [-0.2, -0.15) is 9.37 Å². The molecule has 0 atom stereocenters. The van der Waals surface area contributed by atoms with Crippen LogP contribution in [0, 0.1) is 5.82 Å². The van der Waals surface area contributed by atoms with E-state index in [1.807, 2.05) is 20.8 Å². The van der Waals surface area contributed by atoms with Gasteiger partial charge < -0.3 is 9.47 Å². The van der Waals surface area contributed by atoms with Crippen LogP contribution in [0.4, 0.5) is 4.39 Å². The Labute approximate surface area is 98.8 Å². The van der Waals surface area contributed by atoms with Crippen LogP contribution in [0.2, 0.25) is 5.28 Å². The molecular formula is C10H14ClFN2O2. The molecule has 0 spiro atoms. The maximum absolute atomic E-state index is 13.1. The van der Waals surface area contributed by atoms with Crippen molar-refractivity contribution in [2.45, 2.75) is 26.4 Å². The first kappa shape index (κ1) is 13.1. The van der Waals surface area contributed by atoms with E-state index in [0.717, 1.165) is 6.20 Å². The first-order valence-electron chi connectivity index (χ1n) is 4.83. The molecule has 0 aliphatic rings. The maximum atomic E-state index is 13.1. The highest BCUT2D eigenvalue weighted by Gasteiger charge is 2.11. The van der Waals surface area contributed by atoms with Crippen LogP contribution in [0.15, 0.2) is 6.20 Å². The first-order chi connectivity index (χ1) is 7.38. The predicted molar refractivity (Wildman–Crippen MR) is 58.2 cm³/mol. The molecule has 0 radical (unpaired) electrons. The molecule has 0 unspecified atom stereocenters. The van der Waals surface area contributed by atoms with E-state index >= 15 is 0 Å². The largest absolute Gasteiger partial charge is 0.473 e. The quantitative estimate of drug-likeness (QED) is 0.607. The van der Waals surface area contributed by atoms with Gasteiger partial charge in [0, 0.05) is 0 Å². The van der Waals surface area contributed by atoms with E-state index in [0.29, 0.717) is 6.61 Å². The van der Waals surface area contributed by atoms with Crippen molar-refractivity contribution in [3.8, 4) is 5.88 Å². The molecule has 0 amide bonds. The Morgan fingerprint density at radius 3 is 2.69 bits per heavy atom. The standard InChI is InChI=1S/C10H14ClFN2O2/c1-10(2,3)16-5-4-15-8-7(12)6-13-9(11)14-8/h6H,4-5H2,1-3H3. The molecule has 1 rings (SSSR count). The number of ether oxygens (including phenoxy) is 2. The van der Waals surface area contributed by atoms with Crippen LogP contribution in [0.5, 0.6) is 5.88 Å². The summed E-state index contributed by atoms with van der Waals surface area (Å²) in [7, 11) is 0. The van der Waals surface area contributed by atoms with E-state index in [4.69, 9.17) is 21.1 Å². The van der Waals surface area contributed by atoms with Gasteiger partial charge in [0.05, 0.1) is 18.4 Å². The fourth-order valence-electron chi connectivity index (χ4n) is 0.919. The highest BCUT2D eigenvalue weighted by atomic mass is 35.5.